The second-order valence-electron chi connectivity index (χ2n) is 15.6. The molecule has 3 aliphatic heterocycles. The zero-order chi connectivity index (χ0) is 48.4. The number of hydrogen-bond donors (Lipinski definition) is 14. The Morgan fingerprint density at radius 2 is 1.21 bits per heavy atom. The van der Waals surface area contributed by atoms with Crippen LogP contribution in [0.2, 0.25) is 0 Å². The van der Waals surface area contributed by atoms with Gasteiger partial charge in [-0.15, -0.1) is 0 Å². The highest BCUT2D eigenvalue weighted by Crippen LogP contribution is 2.44. The van der Waals surface area contributed by atoms with Gasteiger partial charge in [0.2, 0.25) is 18.3 Å². The van der Waals surface area contributed by atoms with Crippen molar-refractivity contribution in [3.63, 3.8) is 0 Å². The van der Waals surface area contributed by atoms with Crippen LogP contribution in [0.3, 0.4) is 0 Å². The number of fused-ring (bicyclic) bond motifs is 1. The second kappa shape index (κ2) is 20.7. The number of aliphatic hydroxyl groups excluding tert-OH is 10. The third-order valence-electron chi connectivity index (χ3n) is 11.2. The highest BCUT2D eigenvalue weighted by atomic mass is 16.8. The third kappa shape index (κ3) is 10.3. The first-order chi connectivity index (χ1) is 32.0. The Morgan fingerprint density at radius 1 is 0.612 bits per heavy atom. The van der Waals surface area contributed by atoms with Crippen LogP contribution in [0.4, 0.5) is 0 Å². The number of aromatic hydroxyl groups is 4. The molecular formula is C43H49O24+. The van der Waals surface area contributed by atoms with Gasteiger partial charge in [0, 0.05) is 24.3 Å². The Labute approximate surface area is 378 Å². The van der Waals surface area contributed by atoms with Crippen LogP contribution in [0.5, 0.6) is 40.2 Å². The van der Waals surface area contributed by atoms with Gasteiger partial charge in [-0.25, -0.2) is 9.21 Å². The van der Waals surface area contributed by atoms with E-state index in [4.69, 9.17) is 42.3 Å². The predicted molar refractivity (Wildman–Crippen MR) is 220 cm³/mol. The average Bonchev–Trinajstić information content (AvgIpc) is 3.31. The lowest BCUT2D eigenvalue weighted by Gasteiger charge is -2.46. The van der Waals surface area contributed by atoms with Crippen LogP contribution < -0.4 is 14.2 Å². The topological polar surface area (TPSA) is 385 Å². The van der Waals surface area contributed by atoms with E-state index in [1.54, 1.807) is 0 Å². The van der Waals surface area contributed by atoms with Crippen molar-refractivity contribution < 1.29 is 119 Å². The van der Waals surface area contributed by atoms with Crippen molar-refractivity contribution in [2.75, 3.05) is 26.9 Å². The maximum absolute atomic E-state index is 13.2. The fourth-order valence-electron chi connectivity index (χ4n) is 7.51. The summed E-state index contributed by atoms with van der Waals surface area (Å²) >= 11 is 0. The van der Waals surface area contributed by atoms with Crippen LogP contribution in [-0.2, 0) is 28.5 Å². The minimum absolute atomic E-state index is 0.0104. The number of esters is 1. The van der Waals surface area contributed by atoms with E-state index in [9.17, 15) is 76.3 Å². The number of carbonyl (C=O) groups excluding carboxylic acids is 1. The molecule has 24 heteroatoms. The SMILES string of the molecule is COc1cc(C=CC(=O)O[C@H]2[C@H](O[C@H]3[C@H](Oc4cc5c(O[C@@H]6O[C@H](CO)[C@@H](O)[C@H](O)[C@H]6O)cc(O)cc5[o+]c4-c4ccc(O)c(O)c4)O[C@H](CO)[C@@H](O)[C@@H]3O)O[C@H](CO)[C@@H](O)[C@@H]2O)ccc1O. The van der Waals surface area contributed by atoms with Gasteiger partial charge >= 0.3 is 17.3 Å². The van der Waals surface area contributed by atoms with Crippen LogP contribution in [0.15, 0.2) is 65.1 Å². The monoisotopic (exact) mass is 949 g/mol. The quantitative estimate of drug-likeness (QED) is 0.0272. The average molecular weight is 950 g/mol. The molecule has 0 amide bonds. The maximum atomic E-state index is 13.2. The van der Waals surface area contributed by atoms with Crippen molar-refractivity contribution >= 4 is 23.0 Å². The summed E-state index contributed by atoms with van der Waals surface area (Å²) < 4.78 is 52.0. The van der Waals surface area contributed by atoms with Crippen LogP contribution in [0.1, 0.15) is 5.56 Å². The van der Waals surface area contributed by atoms with Crippen LogP contribution in [0, 0.1) is 0 Å². The molecule has 1 aromatic heterocycles. The number of phenolic OH excluding ortho intramolecular Hbond substituents is 4. The lowest BCUT2D eigenvalue weighted by Crippen LogP contribution is -2.65. The molecule has 0 radical (unpaired) electrons. The molecule has 364 valence electrons. The van der Waals surface area contributed by atoms with Gasteiger partial charge in [-0.3, -0.25) is 0 Å². The maximum Gasteiger partial charge on any atom is 0.402 e. The molecule has 0 unspecified atom stereocenters. The first-order valence-electron chi connectivity index (χ1n) is 20.4. The number of ether oxygens (including phenoxy) is 8. The molecule has 15 atom stereocenters. The number of methoxy groups -OCH3 is 1. The number of hydrogen-bond acceptors (Lipinski definition) is 23. The Hall–Kier alpha value is -5.68. The third-order valence-corrected chi connectivity index (χ3v) is 11.2. The molecule has 24 nitrogen and oxygen atoms in total. The van der Waals surface area contributed by atoms with Gasteiger partial charge < -0.3 is 109 Å². The molecule has 0 saturated carbocycles. The molecule has 0 spiro atoms. The highest BCUT2D eigenvalue weighted by Gasteiger charge is 2.53. The standard InChI is InChI=1S/C43H48O24/c1-59-25-8-16(2-5-21(25)49)3-7-30(51)66-39-35(56)32(53)29(15-46)65-43(39)67-40-36(57)33(54)28(14-45)64-42(40)62-26-12-19-23(60-38(26)17-4-6-20(48)22(50)9-17)10-18(47)11-24(19)61-41-37(58)34(55)31(52)27(13-44)63-41/h2-12,27-29,31-37,39-46,52-58H,13-15H2,1H3,(H3-,47,48,49,50,51)/p+1/t27-,28-,29-,31-,32-,33-,34+,35+,36+,37-,39-,40-,41-,42-,43+/m1/s1. The van der Waals surface area contributed by atoms with Gasteiger partial charge in [0.1, 0.15) is 77.9 Å². The summed E-state index contributed by atoms with van der Waals surface area (Å²) in [6.07, 6.45) is -25.5. The number of rotatable bonds is 14. The van der Waals surface area contributed by atoms with Crippen molar-refractivity contribution in [3.8, 4) is 51.6 Å². The van der Waals surface area contributed by atoms with Crippen LogP contribution in [0.25, 0.3) is 28.4 Å². The van der Waals surface area contributed by atoms with Crippen molar-refractivity contribution in [3.05, 3.63) is 66.2 Å². The summed E-state index contributed by atoms with van der Waals surface area (Å²) in [5.74, 6) is -3.91. The summed E-state index contributed by atoms with van der Waals surface area (Å²) in [5.41, 5.74) is 0.169. The summed E-state index contributed by atoms with van der Waals surface area (Å²) in [5, 5.41) is 147. The van der Waals surface area contributed by atoms with E-state index in [1.807, 2.05) is 0 Å². The minimum atomic E-state index is -2.07. The van der Waals surface area contributed by atoms with Crippen molar-refractivity contribution in [2.24, 2.45) is 0 Å². The fourth-order valence-corrected chi connectivity index (χ4v) is 7.51. The molecule has 4 aromatic rings. The Bertz CT molecular complexity index is 2390. The number of carbonyl (C=O) groups is 1. The van der Waals surface area contributed by atoms with Crippen LogP contribution >= 0.6 is 0 Å². The highest BCUT2D eigenvalue weighted by molar-refractivity contribution is 5.89. The number of phenols is 4. The normalized spacial score (nSPS) is 32.3. The van der Waals surface area contributed by atoms with E-state index >= 15 is 0 Å². The van der Waals surface area contributed by atoms with Gasteiger partial charge in [-0.05, 0) is 35.9 Å². The zero-order valence-electron chi connectivity index (χ0n) is 35.0. The molecule has 7 rings (SSSR count). The smallest absolute Gasteiger partial charge is 0.402 e. The van der Waals surface area contributed by atoms with E-state index in [0.29, 0.717) is 5.56 Å². The summed E-state index contributed by atoms with van der Waals surface area (Å²) in [7, 11) is 1.31. The second-order valence-corrected chi connectivity index (χ2v) is 15.6. The van der Waals surface area contributed by atoms with E-state index in [2.05, 4.69) is 0 Å². The molecule has 14 N–H and O–H groups in total. The molecule has 3 fully saturated rings. The molecule has 67 heavy (non-hydrogen) atoms. The first-order valence-corrected chi connectivity index (χ1v) is 20.4. The van der Waals surface area contributed by atoms with Gasteiger partial charge in [0.15, 0.2) is 41.5 Å². The van der Waals surface area contributed by atoms with Gasteiger partial charge in [0.25, 0.3) is 0 Å². The number of aliphatic hydroxyl groups is 10. The summed E-state index contributed by atoms with van der Waals surface area (Å²) in [6, 6.07) is 10.9. The van der Waals surface area contributed by atoms with Crippen molar-refractivity contribution in [2.45, 2.75) is 92.1 Å². The van der Waals surface area contributed by atoms with Gasteiger partial charge in [0.05, 0.1) is 38.6 Å². The number of benzene rings is 3. The molecule has 4 heterocycles. The summed E-state index contributed by atoms with van der Waals surface area (Å²) in [6.45, 7) is -2.63. The fraction of sp³-hybridized carbons (Fsp3) is 0.442. The molecule has 3 aromatic carbocycles. The molecule has 0 aliphatic carbocycles. The molecule has 3 aliphatic rings. The Morgan fingerprint density at radius 3 is 1.85 bits per heavy atom. The van der Waals surface area contributed by atoms with E-state index in [0.717, 1.165) is 30.3 Å². The molecule has 3 saturated heterocycles. The Balaban J connectivity index is 1.27. The predicted octanol–water partition coefficient (Wildman–Crippen LogP) is -2.34. The zero-order valence-corrected chi connectivity index (χ0v) is 35.0. The first kappa shape index (κ1) is 49.2. The van der Waals surface area contributed by atoms with Gasteiger partial charge in [-0.2, -0.15) is 0 Å². The lowest BCUT2D eigenvalue weighted by molar-refractivity contribution is -0.358. The van der Waals surface area contributed by atoms with E-state index in [-0.39, 0.29) is 39.5 Å². The lowest BCUT2D eigenvalue weighted by atomic mass is 9.97. The van der Waals surface area contributed by atoms with Crippen molar-refractivity contribution in [1.29, 1.82) is 0 Å². The van der Waals surface area contributed by atoms with Gasteiger partial charge in [-0.1, -0.05) is 6.07 Å². The van der Waals surface area contributed by atoms with Crippen LogP contribution in [-0.4, -0.2) is 197 Å². The van der Waals surface area contributed by atoms with E-state index in [1.165, 1.54) is 43.5 Å². The minimum Gasteiger partial charge on any atom is -0.507 e. The molecule has 0 bridgehead atoms. The Kier molecular flexibility index (Phi) is 15.2. The largest absolute Gasteiger partial charge is 0.507 e. The van der Waals surface area contributed by atoms with Crippen molar-refractivity contribution in [1.82, 2.24) is 0 Å². The molecular weight excluding hydrogens is 900 g/mol. The summed E-state index contributed by atoms with van der Waals surface area (Å²) in [4.78, 5) is 13.2. The van der Waals surface area contributed by atoms with E-state index < -0.39 is 141 Å².